The molecule has 1 rings (SSSR count). The lowest BCUT2D eigenvalue weighted by molar-refractivity contribution is 0.0162. The Morgan fingerprint density at radius 1 is 1.33 bits per heavy atom. The Bertz CT molecular complexity index is 427. The van der Waals surface area contributed by atoms with Gasteiger partial charge in [0.2, 0.25) is 0 Å². The summed E-state index contributed by atoms with van der Waals surface area (Å²) in [6.45, 7) is 0. The SMILES string of the molecule is O=c1cc(C(O)C(O)CCS)c(=O)[nH][nH]1. The van der Waals surface area contributed by atoms with Crippen molar-refractivity contribution in [3.8, 4) is 0 Å². The van der Waals surface area contributed by atoms with Crippen molar-refractivity contribution in [3.63, 3.8) is 0 Å². The number of nitrogens with one attached hydrogen (secondary N) is 2. The van der Waals surface area contributed by atoms with Crippen LogP contribution in [0, 0.1) is 0 Å². The molecule has 0 amide bonds. The molecule has 4 N–H and O–H groups in total. The molecule has 0 fully saturated rings. The first-order chi connectivity index (χ1) is 7.06. The molecule has 1 aromatic heterocycles. The molecule has 15 heavy (non-hydrogen) atoms. The topological polar surface area (TPSA) is 106 Å². The van der Waals surface area contributed by atoms with Gasteiger partial charge in [-0.15, -0.1) is 0 Å². The van der Waals surface area contributed by atoms with Gasteiger partial charge in [-0.05, 0) is 12.2 Å². The fraction of sp³-hybridized carbons (Fsp3) is 0.500. The maximum Gasteiger partial charge on any atom is 0.268 e. The third-order valence-electron chi connectivity index (χ3n) is 1.96. The molecule has 0 saturated carbocycles. The van der Waals surface area contributed by atoms with Crippen LogP contribution in [0.4, 0.5) is 0 Å². The molecule has 1 heterocycles. The number of H-pyrrole nitrogens is 2. The fourth-order valence-corrected chi connectivity index (χ4v) is 1.42. The third-order valence-corrected chi connectivity index (χ3v) is 2.21. The Morgan fingerprint density at radius 3 is 2.60 bits per heavy atom. The molecule has 2 atom stereocenters. The van der Waals surface area contributed by atoms with E-state index >= 15 is 0 Å². The van der Waals surface area contributed by atoms with Gasteiger partial charge in [0.25, 0.3) is 11.1 Å². The molecule has 84 valence electrons. The smallest absolute Gasteiger partial charge is 0.268 e. The first-order valence-electron chi connectivity index (χ1n) is 4.35. The Kier molecular flexibility index (Phi) is 4.13. The van der Waals surface area contributed by atoms with Crippen molar-refractivity contribution in [1.29, 1.82) is 0 Å². The first kappa shape index (κ1) is 12.0. The molecule has 1 aromatic rings. The van der Waals surface area contributed by atoms with Gasteiger partial charge in [-0.2, -0.15) is 12.6 Å². The summed E-state index contributed by atoms with van der Waals surface area (Å²) in [6.07, 6.45) is -2.25. The van der Waals surface area contributed by atoms with Crippen LogP contribution in [0.5, 0.6) is 0 Å². The summed E-state index contributed by atoms with van der Waals surface area (Å²) in [5.41, 5.74) is -1.31. The minimum Gasteiger partial charge on any atom is -0.390 e. The molecular weight excluding hydrogens is 220 g/mol. The number of aromatic nitrogens is 2. The molecule has 0 radical (unpaired) electrons. The highest BCUT2D eigenvalue weighted by Gasteiger charge is 2.20. The molecule has 0 aliphatic rings. The van der Waals surface area contributed by atoms with E-state index in [0.717, 1.165) is 6.07 Å². The van der Waals surface area contributed by atoms with E-state index in [2.05, 4.69) is 22.8 Å². The van der Waals surface area contributed by atoms with Gasteiger partial charge in [0.15, 0.2) is 0 Å². The summed E-state index contributed by atoms with van der Waals surface area (Å²) in [7, 11) is 0. The molecule has 0 saturated heterocycles. The molecule has 2 unspecified atom stereocenters. The zero-order valence-corrected chi connectivity index (χ0v) is 8.70. The second-order valence-electron chi connectivity index (χ2n) is 3.07. The number of aliphatic hydroxyl groups is 2. The summed E-state index contributed by atoms with van der Waals surface area (Å²) in [4.78, 5) is 22.1. The molecule has 0 bridgehead atoms. The van der Waals surface area contributed by atoms with Gasteiger partial charge in [-0.3, -0.25) is 19.8 Å². The van der Waals surface area contributed by atoms with Crippen molar-refractivity contribution in [2.45, 2.75) is 18.6 Å². The summed E-state index contributed by atoms with van der Waals surface area (Å²) in [5.74, 6) is 0.374. The lowest BCUT2D eigenvalue weighted by Crippen LogP contribution is -2.29. The third kappa shape index (κ3) is 2.95. The number of aromatic amines is 2. The van der Waals surface area contributed by atoms with E-state index in [0.29, 0.717) is 5.75 Å². The van der Waals surface area contributed by atoms with Crippen LogP contribution >= 0.6 is 12.6 Å². The Balaban J connectivity index is 3.00. The Morgan fingerprint density at radius 2 is 2.00 bits per heavy atom. The quantitative estimate of drug-likeness (QED) is 0.419. The zero-order valence-electron chi connectivity index (χ0n) is 7.80. The highest BCUT2D eigenvalue weighted by atomic mass is 32.1. The van der Waals surface area contributed by atoms with Crippen LogP contribution in [0.2, 0.25) is 0 Å². The average molecular weight is 232 g/mol. The highest BCUT2D eigenvalue weighted by Crippen LogP contribution is 2.14. The first-order valence-corrected chi connectivity index (χ1v) is 4.98. The van der Waals surface area contributed by atoms with Crippen LogP contribution in [0.25, 0.3) is 0 Å². The zero-order chi connectivity index (χ0) is 11.4. The molecule has 0 aromatic carbocycles. The number of aliphatic hydroxyl groups excluding tert-OH is 2. The number of thiol groups is 1. The monoisotopic (exact) mass is 232 g/mol. The van der Waals surface area contributed by atoms with Gasteiger partial charge >= 0.3 is 0 Å². The Labute approximate surface area is 90.4 Å². The van der Waals surface area contributed by atoms with Crippen molar-refractivity contribution in [2.24, 2.45) is 0 Å². The van der Waals surface area contributed by atoms with E-state index in [1.54, 1.807) is 0 Å². The van der Waals surface area contributed by atoms with Crippen molar-refractivity contribution in [1.82, 2.24) is 10.2 Å². The molecule has 7 heteroatoms. The van der Waals surface area contributed by atoms with E-state index in [1.165, 1.54) is 0 Å². The van der Waals surface area contributed by atoms with Gasteiger partial charge in [-0.25, -0.2) is 0 Å². The fourth-order valence-electron chi connectivity index (χ4n) is 1.15. The molecular formula is C8H12N2O4S. The molecule has 0 aliphatic carbocycles. The van der Waals surface area contributed by atoms with Crippen LogP contribution in [-0.4, -0.2) is 32.3 Å². The van der Waals surface area contributed by atoms with Gasteiger partial charge in [0, 0.05) is 6.07 Å². The van der Waals surface area contributed by atoms with E-state index < -0.39 is 23.3 Å². The van der Waals surface area contributed by atoms with Crippen LogP contribution in [0.1, 0.15) is 18.1 Å². The van der Waals surface area contributed by atoms with Crippen molar-refractivity contribution >= 4 is 12.6 Å². The number of hydrogen-bond donors (Lipinski definition) is 5. The lowest BCUT2D eigenvalue weighted by Gasteiger charge is -2.15. The Hall–Kier alpha value is -1.05. The second kappa shape index (κ2) is 5.15. The van der Waals surface area contributed by atoms with E-state index in [1.807, 2.05) is 0 Å². The summed E-state index contributed by atoms with van der Waals surface area (Å²) >= 11 is 3.89. The van der Waals surface area contributed by atoms with Crippen molar-refractivity contribution in [3.05, 3.63) is 32.3 Å². The average Bonchev–Trinajstić information content (AvgIpc) is 2.21. The number of hydrogen-bond acceptors (Lipinski definition) is 5. The van der Waals surface area contributed by atoms with Gasteiger partial charge in [-0.1, -0.05) is 0 Å². The maximum absolute atomic E-state index is 11.2. The predicted octanol–water partition coefficient (Wildman–Crippen LogP) is -1.22. The predicted molar refractivity (Wildman–Crippen MR) is 57.1 cm³/mol. The maximum atomic E-state index is 11.2. The molecule has 0 spiro atoms. The lowest BCUT2D eigenvalue weighted by atomic mass is 10.1. The van der Waals surface area contributed by atoms with Crippen LogP contribution in [0.15, 0.2) is 15.7 Å². The minimum absolute atomic E-state index is 0.145. The normalized spacial score (nSPS) is 14.9. The molecule has 0 aliphatic heterocycles. The standard InChI is InChI=1S/C8H12N2O4S/c11-5(1-2-15)7(13)4-3-6(12)9-10-8(4)14/h3,5,7,11,13,15H,1-2H2,(H,9,12)(H,10,14). The summed E-state index contributed by atoms with van der Waals surface area (Å²) in [5, 5.41) is 23.1. The summed E-state index contributed by atoms with van der Waals surface area (Å²) < 4.78 is 0. The molecule has 6 nitrogen and oxygen atoms in total. The van der Waals surface area contributed by atoms with Gasteiger partial charge in [0.1, 0.15) is 6.10 Å². The van der Waals surface area contributed by atoms with Crippen molar-refractivity contribution < 1.29 is 10.2 Å². The number of rotatable bonds is 4. The van der Waals surface area contributed by atoms with Gasteiger partial charge in [0.05, 0.1) is 11.7 Å². The van der Waals surface area contributed by atoms with E-state index in [4.69, 9.17) is 0 Å². The second-order valence-corrected chi connectivity index (χ2v) is 3.51. The van der Waals surface area contributed by atoms with E-state index in [9.17, 15) is 19.8 Å². The largest absolute Gasteiger partial charge is 0.390 e. The van der Waals surface area contributed by atoms with Gasteiger partial charge < -0.3 is 10.2 Å². The van der Waals surface area contributed by atoms with Crippen LogP contribution in [-0.2, 0) is 0 Å². The summed E-state index contributed by atoms with van der Waals surface area (Å²) in [6, 6.07) is 0.964. The van der Waals surface area contributed by atoms with Crippen LogP contribution < -0.4 is 11.1 Å². The van der Waals surface area contributed by atoms with Crippen LogP contribution in [0.3, 0.4) is 0 Å². The van der Waals surface area contributed by atoms with Crippen molar-refractivity contribution in [2.75, 3.05) is 5.75 Å². The minimum atomic E-state index is -1.37. The van der Waals surface area contributed by atoms with E-state index in [-0.39, 0.29) is 12.0 Å². The highest BCUT2D eigenvalue weighted by molar-refractivity contribution is 7.80.